The summed E-state index contributed by atoms with van der Waals surface area (Å²) >= 11 is 0. The van der Waals surface area contributed by atoms with Gasteiger partial charge in [-0.2, -0.15) is 13.2 Å². The number of aryl methyl sites for hydroxylation is 1. The first-order chi connectivity index (χ1) is 8.82. The summed E-state index contributed by atoms with van der Waals surface area (Å²) in [6.07, 6.45) is -2.81. The average molecular weight is 271 g/mol. The molecule has 0 spiro atoms. The third kappa shape index (κ3) is 2.57. The first-order valence-electron chi connectivity index (χ1n) is 5.72. The van der Waals surface area contributed by atoms with Gasteiger partial charge >= 0.3 is 12.1 Å². The second kappa shape index (κ2) is 4.60. The standard InChI is InChI=1S/C13H12F3NO2/c1-3-12(18)19-11-6-17-10-5-9(13(14,15)16)7(2)4-8(10)11/h4-6,17H,3H2,1-2H3. The summed E-state index contributed by atoms with van der Waals surface area (Å²) in [5, 5.41) is 0.465. The molecule has 0 aliphatic heterocycles. The van der Waals surface area contributed by atoms with Crippen LogP contribution >= 0.6 is 0 Å². The lowest BCUT2D eigenvalue weighted by Gasteiger charge is -2.10. The Balaban J connectivity index is 2.51. The number of rotatable bonds is 2. The highest BCUT2D eigenvalue weighted by Gasteiger charge is 2.33. The Morgan fingerprint density at radius 2 is 2.05 bits per heavy atom. The van der Waals surface area contributed by atoms with Crippen LogP contribution in [-0.2, 0) is 11.0 Å². The molecule has 19 heavy (non-hydrogen) atoms. The number of carbonyl (C=O) groups is 1. The van der Waals surface area contributed by atoms with Crippen LogP contribution in [0, 0.1) is 6.92 Å². The molecule has 1 aromatic heterocycles. The Kier molecular flexibility index (Phi) is 3.26. The maximum Gasteiger partial charge on any atom is 0.416 e. The van der Waals surface area contributed by atoms with E-state index in [1.807, 2.05) is 0 Å². The molecule has 0 fully saturated rings. The SMILES string of the molecule is CCC(=O)Oc1c[nH]c2cc(C(F)(F)F)c(C)cc12. The van der Waals surface area contributed by atoms with Gasteiger partial charge in [0.2, 0.25) is 0 Å². The minimum Gasteiger partial charge on any atom is -0.424 e. The number of alkyl halides is 3. The molecule has 2 rings (SSSR count). The Morgan fingerprint density at radius 3 is 2.63 bits per heavy atom. The molecule has 0 unspecified atom stereocenters. The summed E-state index contributed by atoms with van der Waals surface area (Å²) in [7, 11) is 0. The minimum absolute atomic E-state index is 0.0911. The van der Waals surface area contributed by atoms with Gasteiger partial charge in [0.25, 0.3) is 0 Å². The number of hydrogen-bond donors (Lipinski definition) is 1. The fraction of sp³-hybridized carbons (Fsp3) is 0.308. The largest absolute Gasteiger partial charge is 0.424 e. The molecule has 1 aromatic carbocycles. The van der Waals surface area contributed by atoms with E-state index in [1.54, 1.807) is 6.92 Å². The van der Waals surface area contributed by atoms with E-state index in [-0.39, 0.29) is 23.3 Å². The van der Waals surface area contributed by atoms with Crippen molar-refractivity contribution >= 4 is 16.9 Å². The van der Waals surface area contributed by atoms with Crippen LogP contribution in [-0.4, -0.2) is 11.0 Å². The summed E-state index contributed by atoms with van der Waals surface area (Å²) in [4.78, 5) is 13.9. The van der Waals surface area contributed by atoms with Gasteiger partial charge in [0, 0.05) is 23.5 Å². The van der Waals surface area contributed by atoms with Crippen molar-refractivity contribution in [3.05, 3.63) is 29.5 Å². The van der Waals surface area contributed by atoms with Gasteiger partial charge in [-0.1, -0.05) is 6.92 Å². The zero-order valence-electron chi connectivity index (χ0n) is 10.4. The molecule has 1 heterocycles. The van der Waals surface area contributed by atoms with Gasteiger partial charge in [-0.25, -0.2) is 0 Å². The summed E-state index contributed by atoms with van der Waals surface area (Å²) < 4.78 is 43.3. The molecular formula is C13H12F3NO2. The van der Waals surface area contributed by atoms with Gasteiger partial charge in [0.1, 0.15) is 0 Å². The number of aromatic amines is 1. The number of fused-ring (bicyclic) bond motifs is 1. The molecule has 0 amide bonds. The highest BCUT2D eigenvalue weighted by atomic mass is 19.4. The molecule has 0 bridgehead atoms. The van der Waals surface area contributed by atoms with E-state index >= 15 is 0 Å². The van der Waals surface area contributed by atoms with Gasteiger partial charge in [-0.05, 0) is 24.6 Å². The van der Waals surface area contributed by atoms with Crippen molar-refractivity contribution in [3.63, 3.8) is 0 Å². The number of benzene rings is 1. The van der Waals surface area contributed by atoms with E-state index in [0.29, 0.717) is 5.39 Å². The van der Waals surface area contributed by atoms with E-state index in [1.165, 1.54) is 19.2 Å². The number of H-pyrrole nitrogens is 1. The summed E-state index contributed by atoms with van der Waals surface area (Å²) in [6, 6.07) is 2.39. The Labute approximate surface area is 107 Å². The monoisotopic (exact) mass is 271 g/mol. The normalized spacial score (nSPS) is 11.8. The van der Waals surface area contributed by atoms with E-state index in [2.05, 4.69) is 4.98 Å². The number of hydrogen-bond acceptors (Lipinski definition) is 2. The van der Waals surface area contributed by atoms with Gasteiger partial charge in [0.15, 0.2) is 5.75 Å². The maximum atomic E-state index is 12.7. The molecular weight excluding hydrogens is 259 g/mol. The van der Waals surface area contributed by atoms with Crippen LogP contribution in [0.5, 0.6) is 5.75 Å². The number of halogens is 3. The molecule has 1 N–H and O–H groups in total. The average Bonchev–Trinajstić information content (AvgIpc) is 2.69. The second-order valence-electron chi connectivity index (χ2n) is 4.19. The Hall–Kier alpha value is -1.98. The summed E-state index contributed by atoms with van der Waals surface area (Å²) in [6.45, 7) is 3.02. The van der Waals surface area contributed by atoms with E-state index in [9.17, 15) is 18.0 Å². The third-order valence-corrected chi connectivity index (χ3v) is 2.81. The van der Waals surface area contributed by atoms with E-state index in [4.69, 9.17) is 4.74 Å². The zero-order chi connectivity index (χ0) is 14.2. The Bertz CT molecular complexity index is 629. The molecule has 0 aliphatic carbocycles. The highest BCUT2D eigenvalue weighted by molar-refractivity contribution is 5.90. The predicted octanol–water partition coefficient (Wildman–Crippen LogP) is 3.81. The number of esters is 1. The lowest BCUT2D eigenvalue weighted by atomic mass is 10.1. The third-order valence-electron chi connectivity index (χ3n) is 2.81. The smallest absolute Gasteiger partial charge is 0.416 e. The number of nitrogens with one attached hydrogen (secondary N) is 1. The number of carbonyl (C=O) groups excluding carboxylic acids is 1. The minimum atomic E-state index is -4.40. The van der Waals surface area contributed by atoms with Crippen LogP contribution in [0.1, 0.15) is 24.5 Å². The fourth-order valence-electron chi connectivity index (χ4n) is 1.84. The first-order valence-corrected chi connectivity index (χ1v) is 5.72. The van der Waals surface area contributed by atoms with Crippen LogP contribution in [0.2, 0.25) is 0 Å². The molecule has 0 aliphatic rings. The lowest BCUT2D eigenvalue weighted by molar-refractivity contribution is -0.138. The molecule has 3 nitrogen and oxygen atoms in total. The van der Waals surface area contributed by atoms with Crippen molar-refractivity contribution in [3.8, 4) is 5.75 Å². The van der Waals surface area contributed by atoms with Crippen LogP contribution < -0.4 is 4.74 Å². The lowest BCUT2D eigenvalue weighted by Crippen LogP contribution is -2.07. The number of aromatic nitrogens is 1. The maximum absolute atomic E-state index is 12.7. The quantitative estimate of drug-likeness (QED) is 0.844. The zero-order valence-corrected chi connectivity index (χ0v) is 10.4. The molecule has 0 radical (unpaired) electrons. The molecule has 2 aromatic rings. The predicted molar refractivity (Wildman–Crippen MR) is 64.0 cm³/mol. The van der Waals surface area contributed by atoms with Gasteiger partial charge in [-0.3, -0.25) is 4.79 Å². The topological polar surface area (TPSA) is 42.1 Å². The highest BCUT2D eigenvalue weighted by Crippen LogP contribution is 2.36. The van der Waals surface area contributed by atoms with Crippen molar-refractivity contribution in [2.45, 2.75) is 26.4 Å². The van der Waals surface area contributed by atoms with E-state index in [0.717, 1.165) is 6.07 Å². The first kappa shape index (κ1) is 13.5. The van der Waals surface area contributed by atoms with Crippen molar-refractivity contribution in [1.29, 1.82) is 0 Å². The van der Waals surface area contributed by atoms with Crippen molar-refractivity contribution < 1.29 is 22.7 Å². The summed E-state index contributed by atoms with van der Waals surface area (Å²) in [5.41, 5.74) is -0.319. The number of ether oxygens (including phenoxy) is 1. The summed E-state index contributed by atoms with van der Waals surface area (Å²) in [5.74, 6) is -0.183. The molecule has 102 valence electrons. The van der Waals surface area contributed by atoms with E-state index < -0.39 is 17.7 Å². The fourth-order valence-corrected chi connectivity index (χ4v) is 1.84. The van der Waals surface area contributed by atoms with Crippen LogP contribution in [0.15, 0.2) is 18.3 Å². The molecule has 0 saturated carbocycles. The van der Waals surface area contributed by atoms with Crippen molar-refractivity contribution in [2.24, 2.45) is 0 Å². The van der Waals surface area contributed by atoms with Crippen molar-refractivity contribution in [2.75, 3.05) is 0 Å². The van der Waals surface area contributed by atoms with Gasteiger partial charge in [0.05, 0.1) is 5.56 Å². The van der Waals surface area contributed by atoms with Crippen molar-refractivity contribution in [1.82, 2.24) is 4.98 Å². The Morgan fingerprint density at radius 1 is 1.37 bits per heavy atom. The van der Waals surface area contributed by atoms with Crippen LogP contribution in [0.3, 0.4) is 0 Å². The molecule has 6 heteroatoms. The van der Waals surface area contributed by atoms with Gasteiger partial charge < -0.3 is 9.72 Å². The second-order valence-corrected chi connectivity index (χ2v) is 4.19. The van der Waals surface area contributed by atoms with Gasteiger partial charge in [-0.15, -0.1) is 0 Å². The van der Waals surface area contributed by atoms with Crippen LogP contribution in [0.4, 0.5) is 13.2 Å². The molecule has 0 atom stereocenters. The van der Waals surface area contributed by atoms with Crippen LogP contribution in [0.25, 0.3) is 10.9 Å². The molecule has 0 saturated heterocycles.